The van der Waals surface area contributed by atoms with Crippen LogP contribution < -0.4 is 4.90 Å². The van der Waals surface area contributed by atoms with Gasteiger partial charge in [0.2, 0.25) is 5.54 Å². The first-order valence-electron chi connectivity index (χ1n) is 6.28. The minimum atomic E-state index is -0.165. The van der Waals surface area contributed by atoms with Gasteiger partial charge in [0.1, 0.15) is 0 Å². The first-order valence-corrected chi connectivity index (χ1v) is 6.28. The Hall–Kier alpha value is -2.02. The van der Waals surface area contributed by atoms with Gasteiger partial charge in [-0.05, 0) is 18.2 Å². The van der Waals surface area contributed by atoms with Gasteiger partial charge in [0, 0.05) is 39.1 Å². The molecule has 0 aromatic carbocycles. The Morgan fingerprint density at radius 2 is 2.11 bits per heavy atom. The molecule has 0 N–H and O–H groups in total. The van der Waals surface area contributed by atoms with Gasteiger partial charge in [0.05, 0.1) is 17.4 Å². The zero-order valence-corrected chi connectivity index (χ0v) is 10.5. The van der Waals surface area contributed by atoms with Crippen molar-refractivity contribution in [2.75, 3.05) is 18.0 Å². The van der Waals surface area contributed by atoms with E-state index in [1.165, 1.54) is 5.69 Å². The fourth-order valence-corrected chi connectivity index (χ4v) is 2.55. The molecule has 92 valence electrons. The van der Waals surface area contributed by atoms with Gasteiger partial charge in [-0.15, -0.1) is 0 Å². The van der Waals surface area contributed by atoms with Crippen molar-refractivity contribution in [1.29, 1.82) is 0 Å². The summed E-state index contributed by atoms with van der Waals surface area (Å²) in [6.45, 7) is 11.2. The molecule has 1 fully saturated rings. The zero-order chi connectivity index (χ0) is 12.6. The molecule has 0 aliphatic carbocycles. The molecule has 0 radical (unpaired) electrons. The fourth-order valence-electron chi connectivity index (χ4n) is 2.55. The van der Waals surface area contributed by atoms with Crippen molar-refractivity contribution < 1.29 is 0 Å². The van der Waals surface area contributed by atoms with E-state index in [2.05, 4.69) is 27.8 Å². The molecule has 1 aliphatic heterocycles. The standard InChI is InChI=1S/C14H16N4/c1-14(15-2)6-10-17(11-7-14)12-4-3-9-18-13(12)5-8-16-18/h3-5,8-9H,6-7,10-11H2,1H3. The smallest absolute Gasteiger partial charge is 0.233 e. The lowest BCUT2D eigenvalue weighted by Crippen LogP contribution is -2.40. The molecular formula is C14H16N4. The largest absolute Gasteiger partial charge is 0.369 e. The molecule has 1 aliphatic rings. The zero-order valence-electron chi connectivity index (χ0n) is 10.5. The molecular weight excluding hydrogens is 224 g/mol. The van der Waals surface area contributed by atoms with Gasteiger partial charge in [-0.2, -0.15) is 5.10 Å². The average molecular weight is 240 g/mol. The summed E-state index contributed by atoms with van der Waals surface area (Å²) in [4.78, 5) is 6.13. The van der Waals surface area contributed by atoms with Gasteiger partial charge in [0.25, 0.3) is 0 Å². The number of aromatic nitrogens is 2. The molecule has 3 heterocycles. The molecule has 0 amide bonds. The molecule has 4 heteroatoms. The fraction of sp³-hybridized carbons (Fsp3) is 0.429. The summed E-state index contributed by atoms with van der Waals surface area (Å²) in [7, 11) is 0. The Kier molecular flexibility index (Phi) is 2.48. The van der Waals surface area contributed by atoms with E-state index in [1.807, 2.05) is 29.0 Å². The van der Waals surface area contributed by atoms with Crippen LogP contribution in [0.15, 0.2) is 30.6 Å². The lowest BCUT2D eigenvalue weighted by molar-refractivity contribution is 0.421. The summed E-state index contributed by atoms with van der Waals surface area (Å²) in [6.07, 6.45) is 5.66. The average Bonchev–Trinajstić information content (AvgIpc) is 2.88. The third-order valence-corrected chi connectivity index (χ3v) is 3.87. The predicted molar refractivity (Wildman–Crippen MR) is 71.6 cm³/mol. The van der Waals surface area contributed by atoms with Crippen LogP contribution in [0, 0.1) is 6.57 Å². The van der Waals surface area contributed by atoms with Gasteiger partial charge < -0.3 is 9.74 Å². The lowest BCUT2D eigenvalue weighted by Gasteiger charge is -2.33. The molecule has 2 aromatic heterocycles. The molecule has 2 aromatic rings. The molecule has 4 nitrogen and oxygen atoms in total. The third kappa shape index (κ3) is 1.72. The maximum Gasteiger partial charge on any atom is 0.233 e. The van der Waals surface area contributed by atoms with Crippen molar-refractivity contribution in [3.05, 3.63) is 42.0 Å². The number of rotatable bonds is 1. The summed E-state index contributed by atoms with van der Waals surface area (Å²) < 4.78 is 1.90. The summed E-state index contributed by atoms with van der Waals surface area (Å²) >= 11 is 0. The molecule has 1 saturated heterocycles. The van der Waals surface area contributed by atoms with Gasteiger partial charge in [-0.3, -0.25) is 0 Å². The van der Waals surface area contributed by atoms with Crippen LogP contribution in [0.5, 0.6) is 0 Å². The van der Waals surface area contributed by atoms with E-state index < -0.39 is 0 Å². The van der Waals surface area contributed by atoms with E-state index in [1.54, 1.807) is 0 Å². The van der Waals surface area contributed by atoms with Crippen LogP contribution in [0.1, 0.15) is 19.8 Å². The number of pyridine rings is 1. The lowest BCUT2D eigenvalue weighted by atomic mass is 9.90. The number of nitrogens with zero attached hydrogens (tertiary/aromatic N) is 4. The predicted octanol–water partition coefficient (Wildman–Crippen LogP) is 2.61. The van der Waals surface area contributed by atoms with Gasteiger partial charge >= 0.3 is 0 Å². The number of anilines is 1. The van der Waals surface area contributed by atoms with E-state index in [4.69, 9.17) is 6.57 Å². The monoisotopic (exact) mass is 240 g/mol. The molecule has 0 saturated carbocycles. The highest BCUT2D eigenvalue weighted by molar-refractivity contribution is 5.72. The van der Waals surface area contributed by atoms with Gasteiger partial charge in [-0.1, -0.05) is 0 Å². The Balaban J connectivity index is 1.89. The molecule has 0 spiro atoms. The van der Waals surface area contributed by atoms with E-state index in [0.717, 1.165) is 31.4 Å². The second-order valence-electron chi connectivity index (χ2n) is 5.15. The minimum Gasteiger partial charge on any atom is -0.369 e. The van der Waals surface area contributed by atoms with Crippen molar-refractivity contribution in [3.8, 4) is 0 Å². The van der Waals surface area contributed by atoms with Crippen LogP contribution in [0.3, 0.4) is 0 Å². The van der Waals surface area contributed by atoms with E-state index in [9.17, 15) is 0 Å². The van der Waals surface area contributed by atoms with Crippen LogP contribution in [0.2, 0.25) is 0 Å². The number of hydrogen-bond acceptors (Lipinski definition) is 2. The van der Waals surface area contributed by atoms with Crippen molar-refractivity contribution >= 4 is 11.2 Å². The minimum absolute atomic E-state index is 0.165. The third-order valence-electron chi connectivity index (χ3n) is 3.87. The molecule has 18 heavy (non-hydrogen) atoms. The summed E-state index contributed by atoms with van der Waals surface area (Å²) in [6, 6.07) is 6.20. The Morgan fingerprint density at radius 1 is 1.33 bits per heavy atom. The van der Waals surface area contributed by atoms with Crippen molar-refractivity contribution in [2.45, 2.75) is 25.3 Å². The highest BCUT2D eigenvalue weighted by Gasteiger charge is 2.35. The highest BCUT2D eigenvalue weighted by Crippen LogP contribution is 2.30. The van der Waals surface area contributed by atoms with Crippen LogP contribution >= 0.6 is 0 Å². The van der Waals surface area contributed by atoms with Gasteiger partial charge in [-0.25, -0.2) is 11.1 Å². The molecule has 0 bridgehead atoms. The number of piperidine rings is 1. The summed E-state index contributed by atoms with van der Waals surface area (Å²) in [5.74, 6) is 0. The van der Waals surface area contributed by atoms with E-state index in [-0.39, 0.29) is 5.54 Å². The topological polar surface area (TPSA) is 24.9 Å². The maximum atomic E-state index is 7.26. The molecule has 0 atom stereocenters. The van der Waals surface area contributed by atoms with E-state index >= 15 is 0 Å². The van der Waals surface area contributed by atoms with Crippen molar-refractivity contribution in [1.82, 2.24) is 9.61 Å². The maximum absolute atomic E-state index is 7.26. The van der Waals surface area contributed by atoms with Crippen molar-refractivity contribution in [3.63, 3.8) is 0 Å². The molecule has 3 rings (SSSR count). The summed E-state index contributed by atoms with van der Waals surface area (Å²) in [5, 5.41) is 4.26. The number of hydrogen-bond donors (Lipinski definition) is 0. The molecule has 0 unspecified atom stereocenters. The first-order chi connectivity index (χ1) is 8.72. The Bertz CT molecular complexity index is 600. The highest BCUT2D eigenvalue weighted by atomic mass is 15.2. The first kappa shape index (κ1) is 11.1. The van der Waals surface area contributed by atoms with Crippen LogP contribution in [-0.2, 0) is 0 Å². The van der Waals surface area contributed by atoms with Crippen LogP contribution in [0.4, 0.5) is 5.69 Å². The summed E-state index contributed by atoms with van der Waals surface area (Å²) in [5.41, 5.74) is 2.20. The van der Waals surface area contributed by atoms with Gasteiger partial charge in [0.15, 0.2) is 0 Å². The van der Waals surface area contributed by atoms with E-state index in [0.29, 0.717) is 0 Å². The normalized spacial score (nSPS) is 18.8. The van der Waals surface area contributed by atoms with Crippen molar-refractivity contribution in [2.24, 2.45) is 0 Å². The SMILES string of the molecule is [C-]#[N+]C1(C)CCN(c2cccn3nccc23)CC1. The van der Waals surface area contributed by atoms with Crippen LogP contribution in [0.25, 0.3) is 10.4 Å². The quantitative estimate of drug-likeness (QED) is 0.716. The Labute approximate surface area is 107 Å². The second-order valence-corrected chi connectivity index (χ2v) is 5.15. The Morgan fingerprint density at radius 3 is 2.83 bits per heavy atom. The van der Waals surface area contributed by atoms with Crippen LogP contribution in [-0.4, -0.2) is 28.2 Å². The second kappa shape index (κ2) is 4.02. The number of fused-ring (bicyclic) bond motifs is 1.